The second-order valence-corrected chi connectivity index (χ2v) is 14.2. The minimum atomic E-state index is -1.92. The predicted octanol–water partition coefficient (Wildman–Crippen LogP) is -9.06. The third kappa shape index (κ3) is 19.6. The minimum Gasteiger partial charge on any atom is -0.481 e. The van der Waals surface area contributed by atoms with Crippen LogP contribution in [0.3, 0.4) is 0 Å². The topological polar surface area (TPSA) is 455 Å². The van der Waals surface area contributed by atoms with E-state index in [1.165, 1.54) is 0 Å². The van der Waals surface area contributed by atoms with Crippen molar-refractivity contribution in [2.45, 2.75) is 120 Å². The van der Waals surface area contributed by atoms with Gasteiger partial charge in [-0.3, -0.25) is 43.2 Å². The average Bonchev–Trinajstić information content (AvgIpc) is 3.18. The Morgan fingerprint density at radius 2 is 0.787 bits per heavy atom. The van der Waals surface area contributed by atoms with Gasteiger partial charge in [-0.2, -0.15) is 0 Å². The van der Waals surface area contributed by atoms with Crippen molar-refractivity contribution in [3.63, 3.8) is 0 Å². The number of aliphatic carboxylic acids is 2. The lowest BCUT2D eigenvalue weighted by Crippen LogP contribution is -2.62. The molecule has 61 heavy (non-hydrogen) atoms. The maximum absolute atomic E-state index is 12.9. The van der Waals surface area contributed by atoms with Gasteiger partial charge in [0.15, 0.2) is 0 Å². The zero-order valence-electron chi connectivity index (χ0n) is 34.1. The number of nitrogens with two attached hydrogens (primary N) is 1. The summed E-state index contributed by atoms with van der Waals surface area (Å²) in [5, 5.41) is 94.1. The molecule has 0 rings (SSSR count). The Hall–Kier alpha value is -5.58. The van der Waals surface area contributed by atoms with Crippen molar-refractivity contribution in [3.8, 4) is 0 Å². The highest BCUT2D eigenvalue weighted by atomic mass is 16.4. The van der Waals surface area contributed by atoms with E-state index in [1.807, 2.05) is 16.0 Å². The summed E-state index contributed by atoms with van der Waals surface area (Å²) in [6.07, 6.45) is -3.91. The van der Waals surface area contributed by atoms with E-state index in [9.17, 15) is 83.7 Å². The van der Waals surface area contributed by atoms with Gasteiger partial charge < -0.3 is 89.1 Å². The average molecular weight is 882 g/mol. The molecule has 11 atom stereocenters. The molecule has 27 nitrogen and oxygen atoms in total. The minimum absolute atomic E-state index is 0.000417. The second kappa shape index (κ2) is 27.3. The summed E-state index contributed by atoms with van der Waals surface area (Å²) in [6, 6.07) is -15.3. The number of aliphatic hydroxyl groups is 6. The molecule has 0 aliphatic heterocycles. The highest BCUT2D eigenvalue weighted by Gasteiger charge is 2.35. The van der Waals surface area contributed by atoms with Crippen LogP contribution in [0.5, 0.6) is 0 Å². The Bertz CT molecular complexity index is 1550. The molecule has 348 valence electrons. The molecule has 8 amide bonds. The smallest absolute Gasteiger partial charge is 0.326 e. The van der Waals surface area contributed by atoms with Gasteiger partial charge in [0.25, 0.3) is 0 Å². The van der Waals surface area contributed by atoms with E-state index < -0.39 is 159 Å². The number of carboxylic acids is 2. The first-order valence-corrected chi connectivity index (χ1v) is 18.8. The van der Waals surface area contributed by atoms with Gasteiger partial charge in [-0.25, -0.2) is 4.79 Å². The van der Waals surface area contributed by atoms with E-state index in [1.54, 1.807) is 13.8 Å². The van der Waals surface area contributed by atoms with E-state index >= 15 is 0 Å². The Morgan fingerprint density at radius 3 is 1.11 bits per heavy atom. The van der Waals surface area contributed by atoms with Crippen molar-refractivity contribution in [2.24, 2.45) is 11.7 Å². The molecule has 0 unspecified atom stereocenters. The lowest BCUT2D eigenvalue weighted by atomic mass is 10.0. The molecule has 0 spiro atoms. The van der Waals surface area contributed by atoms with Gasteiger partial charge in [0.2, 0.25) is 47.3 Å². The van der Waals surface area contributed by atoms with Crippen LogP contribution in [-0.2, 0) is 47.9 Å². The first-order valence-electron chi connectivity index (χ1n) is 18.8. The van der Waals surface area contributed by atoms with Crippen LogP contribution in [0.25, 0.3) is 0 Å². The summed E-state index contributed by atoms with van der Waals surface area (Å²) >= 11 is 0. The third-order valence-electron chi connectivity index (χ3n) is 8.47. The molecule has 0 aromatic carbocycles. The van der Waals surface area contributed by atoms with Crippen molar-refractivity contribution < 1.29 is 88.8 Å². The predicted molar refractivity (Wildman–Crippen MR) is 205 cm³/mol. The van der Waals surface area contributed by atoms with E-state index in [-0.39, 0.29) is 18.8 Å². The molecule has 0 saturated carbocycles. The lowest BCUT2D eigenvalue weighted by molar-refractivity contribution is -0.143. The largest absolute Gasteiger partial charge is 0.481 e. The lowest BCUT2D eigenvalue weighted by Gasteiger charge is -2.27. The van der Waals surface area contributed by atoms with Crippen LogP contribution in [0.4, 0.5) is 0 Å². The zero-order valence-corrected chi connectivity index (χ0v) is 34.1. The Kier molecular flexibility index (Phi) is 24.8. The summed E-state index contributed by atoms with van der Waals surface area (Å²) in [4.78, 5) is 125. The molecule has 0 aliphatic carbocycles. The Morgan fingerprint density at radius 1 is 0.459 bits per heavy atom. The normalized spacial score (nSPS) is 16.5. The molecule has 0 aliphatic rings. The van der Waals surface area contributed by atoms with Crippen LogP contribution >= 0.6 is 0 Å². The van der Waals surface area contributed by atoms with Gasteiger partial charge in [0.1, 0.15) is 48.3 Å². The first-order chi connectivity index (χ1) is 28.3. The SMILES string of the molecule is CC(C)C[C@H](NC(=O)[C@@H](NC(=O)[C@H](CO)NC(=O)[C@H](CO)NC(=O)[C@H](CO)NC(=O)[C@H](CO)NC(=O)[C@H](C)NC(=O)[C@@H](NC(=O)[C@@H](N)CCC(=O)O)[C@@H](C)O)[C@@H](C)O)C(=O)O. The zero-order chi connectivity index (χ0) is 47.3. The monoisotopic (exact) mass is 881 g/mol. The molecule has 0 aromatic heterocycles. The fourth-order valence-electron chi connectivity index (χ4n) is 4.95. The van der Waals surface area contributed by atoms with Gasteiger partial charge in [-0.05, 0) is 39.5 Å². The maximum atomic E-state index is 12.9. The molecule has 0 fully saturated rings. The van der Waals surface area contributed by atoms with Gasteiger partial charge in [-0.15, -0.1) is 0 Å². The van der Waals surface area contributed by atoms with Crippen molar-refractivity contribution in [3.05, 3.63) is 0 Å². The van der Waals surface area contributed by atoms with Crippen LogP contribution in [0.15, 0.2) is 0 Å². The maximum Gasteiger partial charge on any atom is 0.326 e. The molecule has 18 N–H and O–H groups in total. The summed E-state index contributed by atoms with van der Waals surface area (Å²) in [5.41, 5.74) is 5.62. The van der Waals surface area contributed by atoms with Gasteiger partial charge in [-0.1, -0.05) is 13.8 Å². The first kappa shape index (κ1) is 55.4. The van der Waals surface area contributed by atoms with Crippen molar-refractivity contribution >= 4 is 59.2 Å². The van der Waals surface area contributed by atoms with Crippen LogP contribution in [0.1, 0.15) is 53.9 Å². The summed E-state index contributed by atoms with van der Waals surface area (Å²) in [7, 11) is 0. The Balaban J connectivity index is 5.59. The van der Waals surface area contributed by atoms with Crippen LogP contribution in [0, 0.1) is 5.92 Å². The highest BCUT2D eigenvalue weighted by Crippen LogP contribution is 2.07. The number of rotatable bonds is 28. The number of carbonyl (C=O) groups is 10. The number of hydrogen-bond donors (Lipinski definition) is 17. The molecule has 27 heteroatoms. The van der Waals surface area contributed by atoms with Gasteiger partial charge >= 0.3 is 11.9 Å². The number of amides is 8. The van der Waals surface area contributed by atoms with Gasteiger partial charge in [0.05, 0.1) is 44.7 Å². The fraction of sp³-hybridized carbons (Fsp3) is 0.706. The van der Waals surface area contributed by atoms with Crippen LogP contribution in [-0.4, -0.2) is 193 Å². The van der Waals surface area contributed by atoms with Crippen molar-refractivity contribution in [1.29, 1.82) is 0 Å². The van der Waals surface area contributed by atoms with Crippen molar-refractivity contribution in [1.82, 2.24) is 42.5 Å². The molecular formula is C34H59N9O18. The number of hydrogen-bond acceptors (Lipinski definition) is 17. The fourth-order valence-corrected chi connectivity index (χ4v) is 4.95. The number of aliphatic hydroxyl groups excluding tert-OH is 6. The molecule has 0 aromatic rings. The van der Waals surface area contributed by atoms with Crippen LogP contribution in [0.2, 0.25) is 0 Å². The molecule has 0 saturated heterocycles. The standard InChI is InChI=1S/C34H59N9O18/c1-13(2)8-18(34(60)61)37-33(59)25(16(5)49)43-31(57)22(12-47)41-30(56)21(11-46)40-29(55)20(10-45)39-28(54)19(9-44)38-26(52)14(3)36-32(58)24(15(4)48)42-27(53)17(35)6-7-23(50)51/h13-22,24-25,44-49H,6-12,35H2,1-5H3,(H,36,58)(H,37,59)(H,38,52)(H,39,54)(H,40,55)(H,41,56)(H,42,53)(H,43,57)(H,50,51)(H,60,61)/t14-,15+,16+,17-,18-,19-,20-,21-,22-,24-,25-/m0/s1. The van der Waals surface area contributed by atoms with Crippen molar-refractivity contribution in [2.75, 3.05) is 26.4 Å². The van der Waals surface area contributed by atoms with E-state index in [2.05, 4.69) is 26.6 Å². The van der Waals surface area contributed by atoms with E-state index in [0.717, 1.165) is 20.8 Å². The molecule has 0 radical (unpaired) electrons. The molecule has 0 heterocycles. The highest BCUT2D eigenvalue weighted by molar-refractivity contribution is 5.98. The summed E-state index contributed by atoms with van der Waals surface area (Å²) in [5.74, 6) is -12.3. The van der Waals surface area contributed by atoms with E-state index in [4.69, 9.17) is 10.8 Å². The van der Waals surface area contributed by atoms with E-state index in [0.29, 0.717) is 0 Å². The Labute approximate surface area is 348 Å². The van der Waals surface area contributed by atoms with Gasteiger partial charge in [0, 0.05) is 6.42 Å². The number of nitrogens with one attached hydrogen (secondary N) is 8. The summed E-state index contributed by atoms with van der Waals surface area (Å²) < 4.78 is 0. The molecular weight excluding hydrogens is 822 g/mol. The quantitative estimate of drug-likeness (QED) is 0.0347. The second-order valence-electron chi connectivity index (χ2n) is 14.2. The number of carboxylic acid groups (broad SMARTS) is 2. The number of carbonyl (C=O) groups excluding carboxylic acids is 8. The van der Waals surface area contributed by atoms with Crippen LogP contribution < -0.4 is 48.3 Å². The third-order valence-corrected chi connectivity index (χ3v) is 8.47. The molecule has 0 bridgehead atoms. The summed E-state index contributed by atoms with van der Waals surface area (Å²) in [6.45, 7) is 2.14.